The standard InChI is InChI=1S/C17H23FN4O5/c1-10(2)15(21-22-19)16(24)20-14(17(25)26)7-11-3-5-13(6-4-11)27-9-12(23)8-18/h3-6,10,12,14-15,23H,7-9H2,1-2H3,(H,20,24)(H,25,26)/t12?,14?,15-/m0/s1. The molecule has 0 aromatic heterocycles. The number of amides is 1. The highest BCUT2D eigenvalue weighted by atomic mass is 19.1. The van der Waals surface area contributed by atoms with E-state index < -0.39 is 36.7 Å². The number of carbonyl (C=O) groups excluding carboxylic acids is 1. The van der Waals surface area contributed by atoms with E-state index in [9.17, 15) is 19.1 Å². The monoisotopic (exact) mass is 382 g/mol. The van der Waals surface area contributed by atoms with Crippen LogP contribution in [-0.4, -0.2) is 53.6 Å². The number of ether oxygens (including phenoxy) is 1. The zero-order valence-corrected chi connectivity index (χ0v) is 15.1. The Kier molecular flexibility index (Phi) is 9.04. The molecule has 1 amide bonds. The quantitative estimate of drug-likeness (QED) is 0.304. The van der Waals surface area contributed by atoms with Crippen LogP contribution in [0.15, 0.2) is 29.4 Å². The van der Waals surface area contributed by atoms with Crippen molar-refractivity contribution in [3.63, 3.8) is 0 Å². The molecule has 0 aliphatic heterocycles. The number of nitrogens with zero attached hydrogens (tertiary/aromatic N) is 3. The number of nitrogens with one attached hydrogen (secondary N) is 1. The zero-order chi connectivity index (χ0) is 20.4. The number of azide groups is 1. The maximum atomic E-state index is 12.2. The number of hydrogen-bond donors (Lipinski definition) is 3. The number of aliphatic hydroxyl groups excluding tert-OH is 1. The van der Waals surface area contributed by atoms with E-state index in [1.54, 1.807) is 38.1 Å². The number of aliphatic hydroxyl groups is 1. The van der Waals surface area contributed by atoms with E-state index in [4.69, 9.17) is 15.4 Å². The second-order valence-corrected chi connectivity index (χ2v) is 6.26. The molecule has 27 heavy (non-hydrogen) atoms. The number of carboxylic acids is 1. The van der Waals surface area contributed by atoms with Crippen LogP contribution in [0.4, 0.5) is 4.39 Å². The molecule has 0 saturated heterocycles. The molecule has 0 radical (unpaired) electrons. The normalized spacial score (nSPS) is 14.0. The first-order valence-electron chi connectivity index (χ1n) is 8.31. The first kappa shape index (κ1) is 22.2. The van der Waals surface area contributed by atoms with E-state index in [2.05, 4.69) is 15.3 Å². The lowest BCUT2D eigenvalue weighted by Crippen LogP contribution is -2.47. The predicted molar refractivity (Wildman–Crippen MR) is 95.0 cm³/mol. The number of rotatable bonds is 11. The summed E-state index contributed by atoms with van der Waals surface area (Å²) in [6.07, 6.45) is -1.20. The first-order valence-corrected chi connectivity index (χ1v) is 8.31. The van der Waals surface area contributed by atoms with Crippen LogP contribution in [0.3, 0.4) is 0 Å². The minimum absolute atomic E-state index is 0.00947. The largest absolute Gasteiger partial charge is 0.491 e. The van der Waals surface area contributed by atoms with Gasteiger partial charge in [0.2, 0.25) is 5.91 Å². The molecule has 0 saturated carbocycles. The molecule has 2 unspecified atom stereocenters. The molecular weight excluding hydrogens is 359 g/mol. The molecule has 3 atom stereocenters. The third-order valence-corrected chi connectivity index (χ3v) is 3.67. The Hall–Kier alpha value is -2.84. The first-order chi connectivity index (χ1) is 12.8. The van der Waals surface area contributed by atoms with Crippen LogP contribution in [0.1, 0.15) is 19.4 Å². The van der Waals surface area contributed by atoms with Crippen LogP contribution < -0.4 is 10.1 Å². The van der Waals surface area contributed by atoms with Crippen molar-refractivity contribution in [2.45, 2.75) is 38.5 Å². The Balaban J connectivity index is 2.75. The Labute approximate surface area is 155 Å². The Morgan fingerprint density at radius 2 is 1.96 bits per heavy atom. The van der Waals surface area contributed by atoms with Crippen molar-refractivity contribution in [3.8, 4) is 5.75 Å². The number of aliphatic carboxylic acids is 1. The zero-order valence-electron chi connectivity index (χ0n) is 15.1. The van der Waals surface area contributed by atoms with E-state index in [1.807, 2.05) is 0 Å². The molecule has 1 aromatic rings. The lowest BCUT2D eigenvalue weighted by Gasteiger charge is -2.19. The minimum Gasteiger partial charge on any atom is -0.491 e. The van der Waals surface area contributed by atoms with Gasteiger partial charge in [0.25, 0.3) is 0 Å². The minimum atomic E-state index is -1.22. The fourth-order valence-corrected chi connectivity index (χ4v) is 2.20. The van der Waals surface area contributed by atoms with Crippen molar-refractivity contribution >= 4 is 11.9 Å². The maximum absolute atomic E-state index is 12.2. The fraction of sp³-hybridized carbons (Fsp3) is 0.529. The van der Waals surface area contributed by atoms with Gasteiger partial charge in [0.05, 0.1) is 0 Å². The average Bonchev–Trinajstić information content (AvgIpc) is 2.64. The molecule has 0 fully saturated rings. The van der Waals surface area contributed by atoms with Gasteiger partial charge < -0.3 is 20.3 Å². The van der Waals surface area contributed by atoms with Crippen LogP contribution in [0.2, 0.25) is 0 Å². The van der Waals surface area contributed by atoms with Gasteiger partial charge in [0.1, 0.15) is 37.2 Å². The van der Waals surface area contributed by atoms with Gasteiger partial charge in [0, 0.05) is 11.3 Å². The lowest BCUT2D eigenvalue weighted by molar-refractivity contribution is -0.142. The Morgan fingerprint density at radius 1 is 1.33 bits per heavy atom. The van der Waals surface area contributed by atoms with Crippen molar-refractivity contribution in [1.82, 2.24) is 5.32 Å². The molecular formula is C17H23FN4O5. The highest BCUT2D eigenvalue weighted by Gasteiger charge is 2.26. The number of carboxylic acid groups (broad SMARTS) is 1. The predicted octanol–water partition coefficient (Wildman–Crippen LogP) is 1.84. The van der Waals surface area contributed by atoms with E-state index in [-0.39, 0.29) is 18.9 Å². The smallest absolute Gasteiger partial charge is 0.326 e. The molecule has 0 spiro atoms. The molecule has 148 valence electrons. The second kappa shape index (κ2) is 11.0. The van der Waals surface area contributed by atoms with Crippen molar-refractivity contribution in [3.05, 3.63) is 40.3 Å². The number of benzene rings is 1. The fourth-order valence-electron chi connectivity index (χ4n) is 2.20. The van der Waals surface area contributed by atoms with Crippen LogP contribution in [-0.2, 0) is 16.0 Å². The summed E-state index contributed by atoms with van der Waals surface area (Å²) >= 11 is 0. The third-order valence-electron chi connectivity index (χ3n) is 3.67. The molecule has 9 nitrogen and oxygen atoms in total. The van der Waals surface area contributed by atoms with E-state index in [1.165, 1.54) is 0 Å². The van der Waals surface area contributed by atoms with Gasteiger partial charge in [0.15, 0.2) is 0 Å². The van der Waals surface area contributed by atoms with Crippen molar-refractivity contribution in [2.75, 3.05) is 13.3 Å². The molecule has 3 N–H and O–H groups in total. The molecule has 10 heteroatoms. The summed E-state index contributed by atoms with van der Waals surface area (Å²) in [5.74, 6) is -1.77. The summed E-state index contributed by atoms with van der Waals surface area (Å²) in [7, 11) is 0. The highest BCUT2D eigenvalue weighted by Crippen LogP contribution is 2.15. The summed E-state index contributed by atoms with van der Waals surface area (Å²) in [5, 5.41) is 24.3. The van der Waals surface area contributed by atoms with Gasteiger partial charge in [-0.05, 0) is 29.1 Å². The van der Waals surface area contributed by atoms with Crippen LogP contribution in [0.25, 0.3) is 10.4 Å². The second-order valence-electron chi connectivity index (χ2n) is 6.26. The molecule has 0 heterocycles. The van der Waals surface area contributed by atoms with Gasteiger partial charge in [-0.15, -0.1) is 0 Å². The van der Waals surface area contributed by atoms with Gasteiger partial charge in [-0.2, -0.15) is 0 Å². The van der Waals surface area contributed by atoms with Gasteiger partial charge in [-0.3, -0.25) is 4.79 Å². The van der Waals surface area contributed by atoms with Gasteiger partial charge in [-0.25, -0.2) is 9.18 Å². The third kappa shape index (κ3) is 7.51. The van der Waals surface area contributed by atoms with Crippen molar-refractivity contribution in [1.29, 1.82) is 0 Å². The summed E-state index contributed by atoms with van der Waals surface area (Å²) in [6, 6.07) is 4.11. The molecule has 1 rings (SSSR count). The average molecular weight is 382 g/mol. The number of hydrogen-bond acceptors (Lipinski definition) is 5. The molecule has 1 aromatic carbocycles. The summed E-state index contributed by atoms with van der Waals surface area (Å²) < 4.78 is 17.4. The summed E-state index contributed by atoms with van der Waals surface area (Å²) in [5.41, 5.74) is 9.16. The number of alkyl halides is 1. The Bertz CT molecular complexity index is 676. The van der Waals surface area contributed by atoms with Crippen LogP contribution in [0.5, 0.6) is 5.75 Å². The van der Waals surface area contributed by atoms with Crippen molar-refractivity contribution in [2.24, 2.45) is 11.0 Å². The lowest BCUT2D eigenvalue weighted by atomic mass is 10.0. The molecule has 0 bridgehead atoms. The molecule has 0 aliphatic rings. The van der Waals surface area contributed by atoms with E-state index >= 15 is 0 Å². The van der Waals surface area contributed by atoms with Crippen LogP contribution in [0, 0.1) is 5.92 Å². The Morgan fingerprint density at radius 3 is 2.44 bits per heavy atom. The topological polar surface area (TPSA) is 145 Å². The maximum Gasteiger partial charge on any atom is 0.326 e. The van der Waals surface area contributed by atoms with Crippen LogP contribution >= 0.6 is 0 Å². The van der Waals surface area contributed by atoms with E-state index in [0.717, 1.165) is 0 Å². The highest BCUT2D eigenvalue weighted by molar-refractivity contribution is 5.87. The van der Waals surface area contributed by atoms with Crippen molar-refractivity contribution < 1.29 is 28.9 Å². The van der Waals surface area contributed by atoms with Gasteiger partial charge in [-0.1, -0.05) is 31.1 Å². The SMILES string of the molecule is CC(C)[C@H](N=[N+]=[N-])C(=O)NC(Cc1ccc(OCC(O)CF)cc1)C(=O)O. The summed E-state index contributed by atoms with van der Waals surface area (Å²) in [6.45, 7) is 2.27. The number of halogens is 1. The molecule has 0 aliphatic carbocycles. The van der Waals surface area contributed by atoms with E-state index in [0.29, 0.717) is 11.3 Å². The number of carbonyl (C=O) groups is 2. The van der Waals surface area contributed by atoms with Gasteiger partial charge >= 0.3 is 5.97 Å². The summed E-state index contributed by atoms with van der Waals surface area (Å²) in [4.78, 5) is 26.3.